The molecule has 2 atom stereocenters. The molecule has 0 spiro atoms. The number of hydrogen-bond donors (Lipinski definition) is 3. The van der Waals surface area contributed by atoms with Crippen molar-refractivity contribution in [3.8, 4) is 0 Å². The molecule has 1 aromatic rings. The lowest BCUT2D eigenvalue weighted by atomic mass is 9.96. The van der Waals surface area contributed by atoms with Crippen molar-refractivity contribution < 1.29 is 5.11 Å². The van der Waals surface area contributed by atoms with Crippen LogP contribution in [0.3, 0.4) is 0 Å². The van der Waals surface area contributed by atoms with Gasteiger partial charge in [0, 0.05) is 19.1 Å². The second-order valence-electron chi connectivity index (χ2n) is 6.99. The Morgan fingerprint density at radius 1 is 1.24 bits per heavy atom. The molecule has 1 heterocycles. The minimum Gasteiger partial charge on any atom is -0.384 e. The van der Waals surface area contributed by atoms with Gasteiger partial charge in [0.2, 0.25) is 0 Å². The van der Waals surface area contributed by atoms with Crippen LogP contribution in [0.15, 0.2) is 35.3 Å². The number of likely N-dealkylation sites (tertiary alicyclic amines) is 1. The van der Waals surface area contributed by atoms with Crippen LogP contribution in [0.1, 0.15) is 45.6 Å². The number of rotatable bonds is 7. The van der Waals surface area contributed by atoms with Gasteiger partial charge in [-0.3, -0.25) is 4.90 Å². The van der Waals surface area contributed by atoms with E-state index in [2.05, 4.69) is 34.4 Å². The zero-order chi connectivity index (χ0) is 18.1. The highest BCUT2D eigenvalue weighted by Crippen LogP contribution is 2.20. The second kappa shape index (κ2) is 9.78. The molecule has 140 valence electrons. The first-order chi connectivity index (χ1) is 12.1. The molecule has 3 N–H and O–H groups in total. The molecular weight excluding hydrogens is 312 g/mol. The van der Waals surface area contributed by atoms with Gasteiger partial charge in [-0.2, -0.15) is 0 Å². The number of guanidine groups is 1. The van der Waals surface area contributed by atoms with Crippen LogP contribution in [0.2, 0.25) is 0 Å². The molecule has 0 bridgehead atoms. The topological polar surface area (TPSA) is 59.9 Å². The number of likely N-dealkylation sites (N-methyl/N-ethyl adjacent to an activating group) is 1. The molecular formula is C20H34N4O. The summed E-state index contributed by atoms with van der Waals surface area (Å²) in [4.78, 5) is 7.16. The number of piperidine rings is 1. The monoisotopic (exact) mass is 346 g/mol. The Hall–Kier alpha value is -1.59. The van der Waals surface area contributed by atoms with Crippen molar-refractivity contribution in [3.05, 3.63) is 35.9 Å². The number of nitrogens with one attached hydrogen (secondary N) is 2. The molecule has 0 aromatic heterocycles. The fourth-order valence-corrected chi connectivity index (χ4v) is 3.39. The molecule has 1 saturated heterocycles. The Bertz CT molecular complexity index is 530. The predicted octanol–water partition coefficient (Wildman–Crippen LogP) is 2.32. The van der Waals surface area contributed by atoms with Crippen molar-refractivity contribution in [2.24, 2.45) is 4.99 Å². The third kappa shape index (κ3) is 6.01. The summed E-state index contributed by atoms with van der Waals surface area (Å²) in [5.41, 5.74) is -0.0804. The summed E-state index contributed by atoms with van der Waals surface area (Å²) >= 11 is 0. The van der Waals surface area contributed by atoms with E-state index in [1.807, 2.05) is 37.3 Å². The highest BCUT2D eigenvalue weighted by Gasteiger charge is 2.23. The van der Waals surface area contributed by atoms with Crippen LogP contribution >= 0.6 is 0 Å². The van der Waals surface area contributed by atoms with E-state index >= 15 is 0 Å². The summed E-state index contributed by atoms with van der Waals surface area (Å²) in [5.74, 6) is 0.778. The van der Waals surface area contributed by atoms with Crippen molar-refractivity contribution >= 4 is 5.96 Å². The zero-order valence-electron chi connectivity index (χ0n) is 16.0. The van der Waals surface area contributed by atoms with E-state index in [1.54, 1.807) is 0 Å². The van der Waals surface area contributed by atoms with Gasteiger partial charge in [0.1, 0.15) is 5.60 Å². The maximum atomic E-state index is 10.7. The van der Waals surface area contributed by atoms with Crippen molar-refractivity contribution in [3.63, 3.8) is 0 Å². The average Bonchev–Trinajstić information content (AvgIpc) is 2.65. The van der Waals surface area contributed by atoms with E-state index in [4.69, 9.17) is 0 Å². The SMILES string of the molecule is CCNC(=NCC(C)(O)c1ccccc1)NCC1CCCCN1CC. The maximum Gasteiger partial charge on any atom is 0.191 e. The van der Waals surface area contributed by atoms with Gasteiger partial charge in [0.05, 0.1) is 6.54 Å². The number of aliphatic hydroxyl groups is 1. The Labute approximate surface area is 152 Å². The molecule has 5 nitrogen and oxygen atoms in total. The predicted molar refractivity (Wildman–Crippen MR) is 105 cm³/mol. The first kappa shape index (κ1) is 19.7. The molecule has 1 aromatic carbocycles. The van der Waals surface area contributed by atoms with Gasteiger partial charge in [-0.15, -0.1) is 0 Å². The second-order valence-corrected chi connectivity index (χ2v) is 6.99. The Morgan fingerprint density at radius 2 is 2.00 bits per heavy atom. The Balaban J connectivity index is 1.95. The summed E-state index contributed by atoms with van der Waals surface area (Å²) in [6.07, 6.45) is 3.85. The largest absolute Gasteiger partial charge is 0.384 e. The van der Waals surface area contributed by atoms with E-state index in [9.17, 15) is 5.11 Å². The molecule has 2 rings (SSSR count). The van der Waals surface area contributed by atoms with Gasteiger partial charge in [-0.25, -0.2) is 4.99 Å². The average molecular weight is 347 g/mol. The van der Waals surface area contributed by atoms with Gasteiger partial charge in [0.15, 0.2) is 5.96 Å². The number of aliphatic imine (C=N–C) groups is 1. The molecule has 5 heteroatoms. The van der Waals surface area contributed by atoms with E-state index < -0.39 is 5.60 Å². The van der Waals surface area contributed by atoms with Gasteiger partial charge in [0.25, 0.3) is 0 Å². The fourth-order valence-electron chi connectivity index (χ4n) is 3.39. The number of nitrogens with zero attached hydrogens (tertiary/aromatic N) is 2. The quantitative estimate of drug-likeness (QED) is 0.524. The van der Waals surface area contributed by atoms with E-state index in [-0.39, 0.29) is 0 Å². The lowest BCUT2D eigenvalue weighted by molar-refractivity contribution is 0.0672. The van der Waals surface area contributed by atoms with Crippen LogP contribution in [0, 0.1) is 0 Å². The molecule has 1 fully saturated rings. The number of hydrogen-bond acceptors (Lipinski definition) is 3. The van der Waals surface area contributed by atoms with Crippen molar-refractivity contribution in [2.75, 3.05) is 32.7 Å². The molecule has 0 aliphatic carbocycles. The van der Waals surface area contributed by atoms with Crippen LogP contribution < -0.4 is 10.6 Å². The number of benzene rings is 1. The molecule has 2 unspecified atom stereocenters. The Kier molecular flexibility index (Phi) is 7.72. The molecule has 0 amide bonds. The van der Waals surface area contributed by atoms with Gasteiger partial charge >= 0.3 is 0 Å². The molecule has 25 heavy (non-hydrogen) atoms. The highest BCUT2D eigenvalue weighted by molar-refractivity contribution is 5.79. The maximum absolute atomic E-state index is 10.7. The minimum absolute atomic E-state index is 0.328. The first-order valence-corrected chi connectivity index (χ1v) is 9.61. The summed E-state index contributed by atoms with van der Waals surface area (Å²) in [6, 6.07) is 10.3. The van der Waals surface area contributed by atoms with Crippen LogP contribution in [0.4, 0.5) is 0 Å². The highest BCUT2D eigenvalue weighted by atomic mass is 16.3. The van der Waals surface area contributed by atoms with Crippen LogP contribution in [-0.4, -0.2) is 54.7 Å². The van der Waals surface area contributed by atoms with E-state index in [0.29, 0.717) is 12.6 Å². The lowest BCUT2D eigenvalue weighted by Gasteiger charge is -2.35. The van der Waals surface area contributed by atoms with Gasteiger partial charge < -0.3 is 15.7 Å². The van der Waals surface area contributed by atoms with Crippen LogP contribution in [0.5, 0.6) is 0 Å². The third-order valence-electron chi connectivity index (χ3n) is 4.95. The molecule has 1 aliphatic rings. The van der Waals surface area contributed by atoms with Crippen LogP contribution in [0.25, 0.3) is 0 Å². The molecule has 0 saturated carbocycles. The minimum atomic E-state index is -0.968. The van der Waals surface area contributed by atoms with Gasteiger partial charge in [-0.05, 0) is 45.3 Å². The lowest BCUT2D eigenvalue weighted by Crippen LogP contribution is -2.49. The first-order valence-electron chi connectivity index (χ1n) is 9.61. The summed E-state index contributed by atoms with van der Waals surface area (Å²) in [7, 11) is 0. The summed E-state index contributed by atoms with van der Waals surface area (Å²) < 4.78 is 0. The smallest absolute Gasteiger partial charge is 0.191 e. The Morgan fingerprint density at radius 3 is 2.68 bits per heavy atom. The summed E-state index contributed by atoms with van der Waals surface area (Å²) in [5, 5.41) is 17.5. The van der Waals surface area contributed by atoms with Crippen molar-refractivity contribution in [1.29, 1.82) is 0 Å². The fraction of sp³-hybridized carbons (Fsp3) is 0.650. The van der Waals surface area contributed by atoms with Crippen molar-refractivity contribution in [1.82, 2.24) is 15.5 Å². The van der Waals surface area contributed by atoms with E-state index in [0.717, 1.165) is 31.2 Å². The summed E-state index contributed by atoms with van der Waals surface area (Å²) in [6.45, 7) is 10.4. The van der Waals surface area contributed by atoms with Crippen LogP contribution in [-0.2, 0) is 5.60 Å². The standard InChI is InChI=1S/C20H34N4O/c1-4-21-19(22-15-18-13-9-10-14-24(18)5-2)23-16-20(3,25)17-11-7-6-8-12-17/h6-8,11-12,18,25H,4-5,9-10,13-16H2,1-3H3,(H2,21,22,23). The normalized spacial score (nSPS) is 21.6. The van der Waals surface area contributed by atoms with E-state index in [1.165, 1.54) is 25.8 Å². The van der Waals surface area contributed by atoms with Crippen molar-refractivity contribution in [2.45, 2.75) is 51.7 Å². The molecule has 0 radical (unpaired) electrons. The van der Waals surface area contributed by atoms with Gasteiger partial charge in [-0.1, -0.05) is 43.7 Å². The third-order valence-corrected chi connectivity index (χ3v) is 4.95. The molecule has 1 aliphatic heterocycles. The zero-order valence-corrected chi connectivity index (χ0v) is 16.0.